The molecule has 23 heavy (non-hydrogen) atoms. The van der Waals surface area contributed by atoms with Crippen molar-refractivity contribution >= 4 is 17.9 Å². The lowest BCUT2D eigenvalue weighted by Gasteiger charge is -2.08. The largest absolute Gasteiger partial charge is 0.507 e. The van der Waals surface area contributed by atoms with Crippen molar-refractivity contribution in [3.05, 3.63) is 29.8 Å². The van der Waals surface area contributed by atoms with Gasteiger partial charge in [0.15, 0.2) is 0 Å². The predicted octanol–water partition coefficient (Wildman–Crippen LogP) is 0.623. The number of hydrogen-bond donors (Lipinski definition) is 4. The van der Waals surface area contributed by atoms with Crippen LogP contribution in [-0.2, 0) is 14.3 Å². The number of carboxylic acid groups (broad SMARTS) is 1. The maximum Gasteiger partial charge on any atom is 0.339 e. The second-order valence-electron chi connectivity index (χ2n) is 4.63. The zero-order valence-corrected chi connectivity index (χ0v) is 12.9. The Labute approximate surface area is 134 Å². The van der Waals surface area contributed by atoms with Crippen LogP contribution in [-0.4, -0.2) is 40.7 Å². The van der Waals surface area contributed by atoms with Gasteiger partial charge < -0.3 is 26.4 Å². The number of carboxylic acids is 1. The monoisotopic (exact) mass is 326 g/mol. The number of phenols is 1. The van der Waals surface area contributed by atoms with E-state index in [9.17, 15) is 14.4 Å². The van der Waals surface area contributed by atoms with Crippen LogP contribution in [0.5, 0.6) is 5.75 Å². The van der Waals surface area contributed by atoms with Gasteiger partial charge in [0.05, 0.1) is 0 Å². The van der Waals surface area contributed by atoms with Crippen molar-refractivity contribution in [2.45, 2.75) is 32.2 Å². The van der Waals surface area contributed by atoms with Gasteiger partial charge in [-0.1, -0.05) is 18.6 Å². The summed E-state index contributed by atoms with van der Waals surface area (Å²) in [5, 5.41) is 17.3. The van der Waals surface area contributed by atoms with E-state index in [1.807, 2.05) is 0 Å². The molecule has 0 aliphatic carbocycles. The molecule has 0 bridgehead atoms. The zero-order valence-electron chi connectivity index (χ0n) is 12.9. The smallest absolute Gasteiger partial charge is 0.339 e. The number of ether oxygens (including phenoxy) is 1. The third-order valence-corrected chi connectivity index (χ3v) is 2.65. The minimum atomic E-state index is -1.11. The summed E-state index contributed by atoms with van der Waals surface area (Å²) < 4.78 is 4.31. The van der Waals surface area contributed by atoms with Crippen LogP contribution in [0.15, 0.2) is 24.3 Å². The van der Waals surface area contributed by atoms with Gasteiger partial charge in [0.1, 0.15) is 17.4 Å². The van der Waals surface area contributed by atoms with Crippen molar-refractivity contribution in [1.82, 2.24) is 0 Å². The van der Waals surface area contributed by atoms with Crippen LogP contribution in [0, 0.1) is 0 Å². The molecule has 1 rings (SSSR count). The molecule has 6 N–H and O–H groups in total. The van der Waals surface area contributed by atoms with Crippen molar-refractivity contribution in [3.63, 3.8) is 0 Å². The van der Waals surface area contributed by atoms with E-state index < -0.39 is 23.9 Å². The Balaban J connectivity index is 0.000000433. The normalized spacial score (nSPS) is 10.9. The highest BCUT2D eigenvalue weighted by Gasteiger charge is 2.15. The molecule has 0 spiro atoms. The SMILES string of the molecule is CC(=O)OC(=O)C(N)CCCCN.O=C(O)c1ccccc1O. The fourth-order valence-corrected chi connectivity index (χ4v) is 1.50. The number of benzene rings is 1. The van der Waals surface area contributed by atoms with E-state index >= 15 is 0 Å². The topological polar surface area (TPSA) is 153 Å². The fraction of sp³-hybridized carbons (Fsp3) is 0.400. The number of para-hydroxylation sites is 1. The summed E-state index contributed by atoms with van der Waals surface area (Å²) in [6.45, 7) is 1.75. The molecule has 8 nitrogen and oxygen atoms in total. The number of carbonyl (C=O) groups excluding carboxylic acids is 2. The number of esters is 2. The molecule has 0 amide bonds. The molecule has 1 atom stereocenters. The summed E-state index contributed by atoms with van der Waals surface area (Å²) >= 11 is 0. The lowest BCUT2D eigenvalue weighted by atomic mass is 10.1. The lowest BCUT2D eigenvalue weighted by molar-refractivity contribution is -0.159. The molecule has 0 aromatic heterocycles. The number of aromatic carboxylic acids is 1. The van der Waals surface area contributed by atoms with Crippen LogP contribution >= 0.6 is 0 Å². The van der Waals surface area contributed by atoms with E-state index in [1.165, 1.54) is 19.1 Å². The first-order chi connectivity index (χ1) is 10.8. The summed E-state index contributed by atoms with van der Waals surface area (Å²) in [5.41, 5.74) is 10.6. The first-order valence-corrected chi connectivity index (χ1v) is 6.98. The van der Waals surface area contributed by atoms with E-state index in [2.05, 4.69) is 4.74 Å². The number of rotatable bonds is 6. The van der Waals surface area contributed by atoms with Gasteiger partial charge in [0, 0.05) is 6.92 Å². The first kappa shape index (κ1) is 20.6. The number of carbonyl (C=O) groups is 3. The number of hydrogen-bond acceptors (Lipinski definition) is 7. The number of nitrogens with two attached hydrogens (primary N) is 2. The molecule has 0 saturated heterocycles. The molecule has 0 aliphatic heterocycles. The van der Waals surface area contributed by atoms with Gasteiger partial charge in [0.2, 0.25) is 0 Å². The first-order valence-electron chi connectivity index (χ1n) is 6.98. The van der Waals surface area contributed by atoms with E-state index in [0.29, 0.717) is 13.0 Å². The van der Waals surface area contributed by atoms with Crippen LogP contribution < -0.4 is 11.5 Å². The lowest BCUT2D eigenvalue weighted by Crippen LogP contribution is -2.33. The van der Waals surface area contributed by atoms with Crippen LogP contribution in [0.4, 0.5) is 0 Å². The molecule has 0 saturated carbocycles. The van der Waals surface area contributed by atoms with E-state index in [-0.39, 0.29) is 11.3 Å². The molecule has 128 valence electrons. The number of unbranched alkanes of at least 4 members (excludes halogenated alkanes) is 1. The fourth-order valence-electron chi connectivity index (χ4n) is 1.50. The van der Waals surface area contributed by atoms with Gasteiger partial charge in [-0.05, 0) is 31.5 Å². The van der Waals surface area contributed by atoms with Gasteiger partial charge in [-0.15, -0.1) is 0 Å². The molecule has 1 unspecified atom stereocenters. The average Bonchev–Trinajstić information content (AvgIpc) is 2.47. The molecule has 0 aliphatic rings. The van der Waals surface area contributed by atoms with Gasteiger partial charge in [0.25, 0.3) is 0 Å². The second kappa shape index (κ2) is 11.2. The third-order valence-electron chi connectivity index (χ3n) is 2.65. The van der Waals surface area contributed by atoms with Gasteiger partial charge in [-0.3, -0.25) is 4.79 Å². The Kier molecular flexibility index (Phi) is 9.97. The summed E-state index contributed by atoms with van der Waals surface area (Å²) in [6.07, 6.45) is 2.09. The number of aromatic hydroxyl groups is 1. The Morgan fingerprint density at radius 2 is 1.83 bits per heavy atom. The molecule has 8 heteroatoms. The van der Waals surface area contributed by atoms with Gasteiger partial charge >= 0.3 is 17.9 Å². The van der Waals surface area contributed by atoms with Gasteiger partial charge in [-0.2, -0.15) is 0 Å². The van der Waals surface area contributed by atoms with E-state index in [0.717, 1.165) is 12.8 Å². The summed E-state index contributed by atoms with van der Waals surface area (Å²) in [6, 6.07) is 5.10. The summed E-state index contributed by atoms with van der Waals surface area (Å²) in [5.74, 6) is -2.60. The van der Waals surface area contributed by atoms with Crippen LogP contribution in [0.2, 0.25) is 0 Å². The van der Waals surface area contributed by atoms with Gasteiger partial charge in [-0.25, -0.2) is 9.59 Å². The minimum absolute atomic E-state index is 0.0671. The maximum absolute atomic E-state index is 10.9. The quantitative estimate of drug-likeness (QED) is 0.337. The maximum atomic E-state index is 10.9. The predicted molar refractivity (Wildman–Crippen MR) is 82.7 cm³/mol. The minimum Gasteiger partial charge on any atom is -0.507 e. The van der Waals surface area contributed by atoms with Crippen molar-refractivity contribution in [2.24, 2.45) is 11.5 Å². The van der Waals surface area contributed by atoms with E-state index in [1.54, 1.807) is 12.1 Å². The second-order valence-corrected chi connectivity index (χ2v) is 4.63. The molecular formula is C15H22N2O6. The molecule has 0 fully saturated rings. The molecular weight excluding hydrogens is 304 g/mol. The van der Waals surface area contributed by atoms with Crippen molar-refractivity contribution < 1.29 is 29.3 Å². The Hall–Kier alpha value is -2.45. The summed E-state index contributed by atoms with van der Waals surface area (Å²) in [7, 11) is 0. The highest BCUT2D eigenvalue weighted by molar-refractivity contribution is 5.90. The van der Waals surface area contributed by atoms with Crippen LogP contribution in [0.25, 0.3) is 0 Å². The highest BCUT2D eigenvalue weighted by atomic mass is 16.6. The molecule has 0 radical (unpaired) electrons. The highest BCUT2D eigenvalue weighted by Crippen LogP contribution is 2.14. The standard InChI is InChI=1S/C8H16N2O3.C7H6O3/c1-6(11)13-8(12)7(10)4-2-3-5-9;8-6-4-2-1-3-5(6)7(9)10/h7H,2-5,9-10H2,1H3;1-4,8H,(H,9,10). The summed E-state index contributed by atoms with van der Waals surface area (Å²) in [4.78, 5) is 31.6. The van der Waals surface area contributed by atoms with Crippen molar-refractivity contribution in [1.29, 1.82) is 0 Å². The molecule has 1 aromatic rings. The van der Waals surface area contributed by atoms with Crippen LogP contribution in [0.3, 0.4) is 0 Å². The Morgan fingerprint density at radius 1 is 1.22 bits per heavy atom. The van der Waals surface area contributed by atoms with Crippen molar-refractivity contribution in [2.75, 3.05) is 6.54 Å². The molecule has 1 aromatic carbocycles. The van der Waals surface area contributed by atoms with E-state index in [4.69, 9.17) is 21.7 Å². The average molecular weight is 326 g/mol. The Morgan fingerprint density at radius 3 is 2.26 bits per heavy atom. The zero-order chi connectivity index (χ0) is 17.8. The Bertz CT molecular complexity index is 532. The molecule has 0 heterocycles. The van der Waals surface area contributed by atoms with Crippen LogP contribution in [0.1, 0.15) is 36.5 Å². The third kappa shape index (κ3) is 9.22. The van der Waals surface area contributed by atoms with Crippen molar-refractivity contribution in [3.8, 4) is 5.75 Å².